The minimum Gasteiger partial charge on any atom is -0.399 e. The molecule has 0 aliphatic carbocycles. The van der Waals surface area contributed by atoms with Crippen LogP contribution < -0.4 is 11.5 Å². The van der Waals surface area contributed by atoms with Crippen molar-refractivity contribution in [3.05, 3.63) is 66.1 Å². The standard InChI is InChI=1S/C19H18N6/c1-12-3-2-4-19(23-12)25-18-7-13(5-6-14(18)11-22-25)17-9-15(21)8-16(10-20)24-17/h2-9,11H,10,20H2,1H3,(H2,21,24). The summed E-state index contributed by atoms with van der Waals surface area (Å²) in [6.45, 7) is 2.32. The van der Waals surface area contributed by atoms with Gasteiger partial charge in [-0.25, -0.2) is 9.67 Å². The summed E-state index contributed by atoms with van der Waals surface area (Å²) in [6.07, 6.45) is 1.83. The topological polar surface area (TPSA) is 95.6 Å². The Morgan fingerprint density at radius 1 is 1.04 bits per heavy atom. The van der Waals surface area contributed by atoms with E-state index < -0.39 is 0 Å². The van der Waals surface area contributed by atoms with Crippen LogP contribution in [0, 0.1) is 6.92 Å². The summed E-state index contributed by atoms with van der Waals surface area (Å²) in [5, 5.41) is 5.52. The Bertz CT molecular complexity index is 1070. The fourth-order valence-electron chi connectivity index (χ4n) is 2.87. The maximum Gasteiger partial charge on any atom is 0.154 e. The number of fused-ring (bicyclic) bond motifs is 1. The molecule has 0 aliphatic rings. The van der Waals surface area contributed by atoms with E-state index in [9.17, 15) is 0 Å². The van der Waals surface area contributed by atoms with Crippen LogP contribution in [0.1, 0.15) is 11.4 Å². The molecule has 4 aromatic rings. The predicted octanol–water partition coefficient (Wildman–Crippen LogP) is 2.83. The quantitative estimate of drug-likeness (QED) is 0.602. The van der Waals surface area contributed by atoms with Crippen LogP contribution in [-0.2, 0) is 6.54 Å². The largest absolute Gasteiger partial charge is 0.399 e. The smallest absolute Gasteiger partial charge is 0.154 e. The minimum absolute atomic E-state index is 0.353. The molecule has 0 saturated carbocycles. The Balaban J connectivity index is 1.88. The van der Waals surface area contributed by atoms with E-state index in [0.717, 1.165) is 39.4 Å². The molecule has 0 saturated heterocycles. The molecule has 0 unspecified atom stereocenters. The third kappa shape index (κ3) is 2.83. The number of anilines is 1. The summed E-state index contributed by atoms with van der Waals surface area (Å²) < 4.78 is 1.84. The zero-order valence-corrected chi connectivity index (χ0v) is 13.8. The van der Waals surface area contributed by atoms with E-state index in [1.807, 2.05) is 54.2 Å². The molecule has 4 N–H and O–H groups in total. The van der Waals surface area contributed by atoms with Gasteiger partial charge in [-0.1, -0.05) is 18.2 Å². The Labute approximate surface area is 145 Å². The van der Waals surface area contributed by atoms with E-state index in [1.165, 1.54) is 0 Å². The van der Waals surface area contributed by atoms with Crippen molar-refractivity contribution < 1.29 is 0 Å². The molecule has 0 bridgehead atoms. The molecule has 124 valence electrons. The monoisotopic (exact) mass is 330 g/mol. The van der Waals surface area contributed by atoms with E-state index in [-0.39, 0.29) is 0 Å². The highest BCUT2D eigenvalue weighted by molar-refractivity contribution is 5.85. The summed E-state index contributed by atoms with van der Waals surface area (Å²) in [4.78, 5) is 9.14. The average molecular weight is 330 g/mol. The molecule has 0 aliphatic heterocycles. The van der Waals surface area contributed by atoms with Crippen LogP contribution in [0.15, 0.2) is 54.7 Å². The summed E-state index contributed by atoms with van der Waals surface area (Å²) in [5.74, 6) is 0.787. The summed E-state index contributed by atoms with van der Waals surface area (Å²) in [7, 11) is 0. The van der Waals surface area contributed by atoms with Crippen LogP contribution in [0.2, 0.25) is 0 Å². The Morgan fingerprint density at radius 3 is 2.72 bits per heavy atom. The second kappa shape index (κ2) is 5.99. The molecule has 0 spiro atoms. The fraction of sp³-hybridized carbons (Fsp3) is 0.105. The summed E-state index contributed by atoms with van der Waals surface area (Å²) in [6, 6.07) is 15.6. The van der Waals surface area contributed by atoms with E-state index in [0.29, 0.717) is 12.2 Å². The molecule has 6 heteroatoms. The molecule has 1 aromatic carbocycles. The van der Waals surface area contributed by atoms with E-state index >= 15 is 0 Å². The molecular weight excluding hydrogens is 312 g/mol. The molecule has 3 heterocycles. The third-order valence-corrected chi connectivity index (χ3v) is 4.07. The van der Waals surface area contributed by atoms with Crippen LogP contribution in [0.4, 0.5) is 5.69 Å². The van der Waals surface area contributed by atoms with Gasteiger partial charge in [0, 0.05) is 28.9 Å². The lowest BCUT2D eigenvalue weighted by atomic mass is 10.1. The number of nitrogens with two attached hydrogens (primary N) is 2. The van der Waals surface area contributed by atoms with Crippen LogP contribution in [0.5, 0.6) is 0 Å². The molecule has 0 fully saturated rings. The lowest BCUT2D eigenvalue weighted by molar-refractivity contribution is 0.867. The molecule has 4 rings (SSSR count). The molecule has 0 atom stereocenters. The van der Waals surface area contributed by atoms with Gasteiger partial charge in [0.15, 0.2) is 5.82 Å². The first kappa shape index (κ1) is 15.3. The van der Waals surface area contributed by atoms with E-state index in [2.05, 4.69) is 21.1 Å². The molecule has 0 radical (unpaired) electrons. The number of pyridine rings is 2. The highest BCUT2D eigenvalue weighted by atomic mass is 15.3. The minimum atomic E-state index is 0.353. The van der Waals surface area contributed by atoms with Crippen molar-refractivity contribution in [2.24, 2.45) is 5.73 Å². The number of aromatic nitrogens is 4. The number of nitrogens with zero attached hydrogens (tertiary/aromatic N) is 4. The Kier molecular flexibility index (Phi) is 3.66. The third-order valence-electron chi connectivity index (χ3n) is 4.07. The van der Waals surface area contributed by atoms with Crippen molar-refractivity contribution in [1.29, 1.82) is 0 Å². The molecule has 3 aromatic heterocycles. The number of benzene rings is 1. The predicted molar refractivity (Wildman–Crippen MR) is 99.1 cm³/mol. The first-order valence-corrected chi connectivity index (χ1v) is 8.03. The van der Waals surface area contributed by atoms with Crippen molar-refractivity contribution in [1.82, 2.24) is 19.7 Å². The highest BCUT2D eigenvalue weighted by Gasteiger charge is 2.10. The zero-order chi connectivity index (χ0) is 17.4. The van der Waals surface area contributed by atoms with Gasteiger partial charge in [-0.3, -0.25) is 4.98 Å². The fourth-order valence-corrected chi connectivity index (χ4v) is 2.87. The van der Waals surface area contributed by atoms with Crippen LogP contribution >= 0.6 is 0 Å². The van der Waals surface area contributed by atoms with E-state index in [4.69, 9.17) is 11.5 Å². The zero-order valence-electron chi connectivity index (χ0n) is 13.8. The van der Waals surface area contributed by atoms with Crippen molar-refractivity contribution in [3.63, 3.8) is 0 Å². The second-order valence-corrected chi connectivity index (χ2v) is 5.95. The van der Waals surface area contributed by atoms with Gasteiger partial charge in [0.1, 0.15) is 0 Å². The van der Waals surface area contributed by atoms with Gasteiger partial charge < -0.3 is 11.5 Å². The van der Waals surface area contributed by atoms with Gasteiger partial charge in [-0.15, -0.1) is 0 Å². The van der Waals surface area contributed by atoms with Crippen LogP contribution in [0.25, 0.3) is 28.0 Å². The number of hydrogen-bond donors (Lipinski definition) is 2. The summed E-state index contributed by atoms with van der Waals surface area (Å²) >= 11 is 0. The van der Waals surface area contributed by atoms with Crippen LogP contribution in [0.3, 0.4) is 0 Å². The molecular formula is C19H18N6. The van der Waals surface area contributed by atoms with Crippen LogP contribution in [-0.4, -0.2) is 19.7 Å². The molecule has 6 nitrogen and oxygen atoms in total. The van der Waals surface area contributed by atoms with Gasteiger partial charge in [-0.2, -0.15) is 5.10 Å². The average Bonchev–Trinajstić information content (AvgIpc) is 3.04. The van der Waals surface area contributed by atoms with Gasteiger partial charge in [0.25, 0.3) is 0 Å². The van der Waals surface area contributed by atoms with Gasteiger partial charge >= 0.3 is 0 Å². The van der Waals surface area contributed by atoms with Crippen molar-refractivity contribution in [3.8, 4) is 17.1 Å². The van der Waals surface area contributed by atoms with Crippen molar-refractivity contribution >= 4 is 16.6 Å². The number of aryl methyl sites for hydroxylation is 1. The molecule has 0 amide bonds. The van der Waals surface area contributed by atoms with Gasteiger partial charge in [0.2, 0.25) is 0 Å². The second-order valence-electron chi connectivity index (χ2n) is 5.95. The number of nitrogen functional groups attached to an aromatic ring is 1. The van der Waals surface area contributed by atoms with Crippen molar-refractivity contribution in [2.45, 2.75) is 13.5 Å². The number of hydrogen-bond acceptors (Lipinski definition) is 5. The normalized spacial score (nSPS) is 11.1. The first-order valence-electron chi connectivity index (χ1n) is 8.03. The van der Waals surface area contributed by atoms with Gasteiger partial charge in [-0.05, 0) is 37.3 Å². The van der Waals surface area contributed by atoms with E-state index in [1.54, 1.807) is 6.07 Å². The van der Waals surface area contributed by atoms with Crippen molar-refractivity contribution in [2.75, 3.05) is 5.73 Å². The maximum absolute atomic E-state index is 5.98. The SMILES string of the molecule is Cc1cccc(-n2ncc3ccc(-c4cc(N)cc(CN)n4)cc32)n1. The molecule has 25 heavy (non-hydrogen) atoms. The lowest BCUT2D eigenvalue weighted by Gasteiger charge is -2.07. The van der Waals surface area contributed by atoms with Gasteiger partial charge in [0.05, 0.1) is 23.1 Å². The maximum atomic E-state index is 5.98. The summed E-state index contributed by atoms with van der Waals surface area (Å²) in [5.41, 5.74) is 16.8. The highest BCUT2D eigenvalue weighted by Crippen LogP contribution is 2.26. The first-order chi connectivity index (χ1) is 12.1. The lowest BCUT2D eigenvalue weighted by Crippen LogP contribution is -2.02. The Hall–Kier alpha value is -3.25. The number of rotatable bonds is 3. The Morgan fingerprint density at radius 2 is 1.92 bits per heavy atom.